The van der Waals surface area contributed by atoms with Crippen LogP contribution in [0.2, 0.25) is 17.3 Å². The molecule has 11 aromatic rings. The van der Waals surface area contributed by atoms with Gasteiger partial charge >= 0.3 is 412 Å². The number of para-hydroxylation sites is 2. The molecule has 0 N–H and O–H groups in total. The number of imidazole rings is 1. The maximum atomic E-state index is 10.7. The summed E-state index contributed by atoms with van der Waals surface area (Å²) >= 11 is -3.38. The van der Waals surface area contributed by atoms with Gasteiger partial charge in [-0.05, 0) is 36.3 Å². The Balaban J connectivity index is 0.0000134. The van der Waals surface area contributed by atoms with Crippen LogP contribution >= 0.6 is 0 Å². The van der Waals surface area contributed by atoms with E-state index >= 15 is 0 Å². The van der Waals surface area contributed by atoms with Gasteiger partial charge in [-0.1, -0.05) is 75.6 Å². The molecule has 3 aliphatic rings. The second-order valence-corrected chi connectivity index (χ2v) is 35.7. The molecule has 0 bridgehead atoms. The van der Waals surface area contributed by atoms with Crippen molar-refractivity contribution < 1.29 is 82.5 Å². The average Bonchev–Trinajstić information content (AvgIpc) is 1.08. The van der Waals surface area contributed by atoms with Gasteiger partial charge in [0.25, 0.3) is 0 Å². The number of hydrogen-bond donors (Lipinski definition) is 0. The Labute approximate surface area is 587 Å². The molecule has 0 saturated heterocycles. The summed E-state index contributed by atoms with van der Waals surface area (Å²) in [7, 11) is 0. The Morgan fingerprint density at radius 1 is 0.598 bits per heavy atom. The molecule has 87 heavy (non-hydrogen) atoms. The third-order valence-corrected chi connectivity index (χ3v) is 21.0. The van der Waals surface area contributed by atoms with Gasteiger partial charge in [-0.3, -0.25) is 0 Å². The van der Waals surface area contributed by atoms with Crippen molar-refractivity contribution >= 4 is 50.5 Å². The van der Waals surface area contributed by atoms with Crippen LogP contribution in [0, 0.1) is 18.5 Å². The minimum atomic E-state index is -4.88. The Kier molecular flexibility index (Phi) is 6.95. The van der Waals surface area contributed by atoms with Crippen LogP contribution in [0.4, 0.5) is 0 Å². The van der Waals surface area contributed by atoms with E-state index in [2.05, 4.69) is 56.5 Å². The van der Waals surface area contributed by atoms with Gasteiger partial charge < -0.3 is 0 Å². The third kappa shape index (κ3) is 9.74. The number of fused-ring (bicyclic) bond motifs is 9. The smallest absolute Gasteiger partial charge is 0.0558 e. The number of aromatic nitrogens is 4. The van der Waals surface area contributed by atoms with Crippen LogP contribution in [0.15, 0.2) is 158 Å². The molecule has 3 aromatic heterocycles. The molecule has 3 aliphatic carbocycles. The molecule has 0 fully saturated rings. The fourth-order valence-corrected chi connectivity index (χ4v) is 14.5. The molecule has 0 atom stereocenters. The Morgan fingerprint density at radius 3 is 1.84 bits per heavy atom. The van der Waals surface area contributed by atoms with E-state index in [1.54, 1.807) is 54.7 Å². The van der Waals surface area contributed by atoms with Crippen molar-refractivity contribution in [3.63, 3.8) is 0 Å². The van der Waals surface area contributed by atoms with Crippen LogP contribution in [-0.4, -0.2) is 27.4 Å². The van der Waals surface area contributed by atoms with Gasteiger partial charge in [0, 0.05) is 64.9 Å². The fraction of sp³-hybridized carbons (Fsp3) is 0.325. The average molecular weight is 1420 g/mol. The molecular formula is C80H82GeN4OPt-2. The van der Waals surface area contributed by atoms with Gasteiger partial charge in [0.2, 0.25) is 0 Å². The second kappa shape index (κ2) is 20.4. The van der Waals surface area contributed by atoms with Crippen LogP contribution < -0.4 is 13.7 Å². The first-order valence-electron chi connectivity index (χ1n) is 47.0. The van der Waals surface area contributed by atoms with E-state index < -0.39 is 207 Å². The summed E-state index contributed by atoms with van der Waals surface area (Å²) in [5.41, 5.74) is -28.3. The Morgan fingerprint density at radius 2 is 1.21 bits per heavy atom. The van der Waals surface area contributed by atoms with Crippen molar-refractivity contribution in [1.29, 1.82) is 0 Å². The zero-order chi connectivity index (χ0) is 92.8. The number of nitrogens with zero attached hydrogens (tertiary/aromatic N) is 4. The zero-order valence-electron chi connectivity index (χ0n) is 86.6. The van der Waals surface area contributed by atoms with Gasteiger partial charge in [0.05, 0.1) is 0 Å². The van der Waals surface area contributed by atoms with Crippen LogP contribution in [0.1, 0.15) is 206 Å². The third-order valence-electron chi connectivity index (χ3n) is 16.7. The Hall–Kier alpha value is -6.79. The summed E-state index contributed by atoms with van der Waals surface area (Å²) in [4.78, 5) is 4.83. The molecule has 0 saturated carbocycles. The molecule has 3 heterocycles. The van der Waals surface area contributed by atoms with E-state index in [0.717, 1.165) is 50.2 Å². The first kappa shape index (κ1) is 29.7. The van der Waals surface area contributed by atoms with Gasteiger partial charge in [0.15, 0.2) is 0 Å². The molecule has 0 aliphatic heterocycles. The van der Waals surface area contributed by atoms with Crippen LogP contribution in [-0.2, 0) is 53.6 Å². The van der Waals surface area contributed by atoms with Crippen LogP contribution in [0.5, 0.6) is 11.5 Å². The molecular weight excluding hydrogens is 1300 g/mol. The maximum absolute atomic E-state index is 10.7. The van der Waals surface area contributed by atoms with E-state index in [-0.39, 0.29) is 54.7 Å². The van der Waals surface area contributed by atoms with Crippen molar-refractivity contribution in [3.8, 4) is 62.1 Å². The van der Waals surface area contributed by atoms with E-state index in [0.29, 0.717) is 32.4 Å². The first-order chi connectivity index (χ1) is 56.2. The van der Waals surface area contributed by atoms with Gasteiger partial charge in [0.1, 0.15) is 0 Å². The summed E-state index contributed by atoms with van der Waals surface area (Å²) in [5.74, 6) is 6.92. The van der Waals surface area contributed by atoms with E-state index in [9.17, 15) is 35.6 Å². The zero-order valence-corrected chi connectivity index (χ0v) is 52.9. The molecule has 8 aromatic carbocycles. The summed E-state index contributed by atoms with van der Waals surface area (Å²) in [5, 5.41) is 1.62. The SMILES string of the molecule is [2H]c1c([2H])c2c(c([2H])c1-c1cccc(-c3c([2H])c([2H])c4c(c3[2H])C(C([2H])([2H])[2H])(C([2H])([2H])[2H])C([2H])([2H])C([2H])([2H])C4(C([2H])([2H])[2H])C([2H])([2H])[2H])c1-[n+]1[c-]n(-c3[c-]c(Oc4[c-]c5c(cc4)c4ccccc4n5-c4cc(C(C)(C)C)ccn4)c[c]([Ge]([CH3])([CH3])[CH3])c3)c3cc4c(cc31)-c1ccccc1C4(C)C)C(C([2H])([2H])[2H])(C([2H])([2H])[2H])C([2H])([2H])C([2H])([2H])C2(C([2H])([2H])[2H])C([2H])([2H])[2H].[Pt]. The monoisotopic (exact) mass is 1420 g/mol. The van der Waals surface area contributed by atoms with E-state index in [1.807, 2.05) is 66.9 Å². The van der Waals surface area contributed by atoms with Gasteiger partial charge in [-0.2, -0.15) is 0 Å². The standard InChI is InChI=1S/C80H82GeN4O.Pt/c1-75(2,3)52-34-39-82-73(42-52)85-69-27-20-18-23-60(69)61-31-30-55(46-70(61)85)86-56-44-53(81(14,15)16)43-54(45-56)83-49-84(71-47-62-59-22-17-19-26-63(59)80(12,13)66(62)48-72(71)83)74-57(50-28-32-64-67(40-50)78(8,9)37-35-76(64,4)5)24-21-25-58(74)51-29-33-65-68(41-51)79(10,11)38-36-77(65,6)7;/h17-34,39-44,47-48H,35-38H2,1-16H3;/q-2;/i4D3,5D3,6D3,7D3,8D3,9D3,10D3,11D3,28D,29D,32D,33D,35D2,36D2,37D2,38D2,40D,41D;. The van der Waals surface area contributed by atoms with Crippen LogP contribution in [0.25, 0.3) is 83.4 Å². The number of benzene rings is 8. The number of rotatable bonds is 8. The first-order valence-corrected chi connectivity index (χ1v) is 35.3. The molecule has 14 rings (SSSR count). The van der Waals surface area contributed by atoms with Crippen molar-refractivity contribution in [2.45, 2.75) is 165 Å². The van der Waals surface area contributed by atoms with Gasteiger partial charge in [-0.15, -0.1) is 0 Å². The predicted octanol–water partition coefficient (Wildman–Crippen LogP) is 19.8. The minimum absolute atomic E-state index is 0. The molecule has 5 nitrogen and oxygen atoms in total. The second-order valence-electron chi connectivity index (χ2n) is 25.1. The predicted molar refractivity (Wildman–Crippen MR) is 361 cm³/mol. The minimum Gasteiger partial charge on any atom is -0.0558 e. The van der Waals surface area contributed by atoms with Crippen molar-refractivity contribution in [2.24, 2.45) is 0 Å². The summed E-state index contributed by atoms with van der Waals surface area (Å²) in [6.45, 7) is -26.6. The molecule has 444 valence electrons. The molecule has 0 spiro atoms. The number of pyridine rings is 1. The molecule has 7 heteroatoms. The molecule has 0 radical (unpaired) electrons. The van der Waals surface area contributed by atoms with Crippen molar-refractivity contribution in [2.75, 3.05) is 0 Å². The summed E-state index contributed by atoms with van der Waals surface area (Å²) in [6.07, 6.45) is -14.4. The van der Waals surface area contributed by atoms with Crippen molar-refractivity contribution in [1.82, 2.24) is 14.1 Å². The molecule has 0 unspecified atom stereocenters. The number of ether oxygens (including phenoxy) is 1. The van der Waals surface area contributed by atoms with Crippen molar-refractivity contribution in [3.05, 3.63) is 215 Å². The molecule has 0 amide bonds. The fourth-order valence-electron chi connectivity index (χ4n) is 12.1. The van der Waals surface area contributed by atoms with E-state index in [4.69, 9.17) is 26.2 Å². The quantitative estimate of drug-likeness (QED) is 0.0863. The normalized spacial score (nSPS) is 26.8. The topological polar surface area (TPSA) is 35.9 Å². The summed E-state index contributed by atoms with van der Waals surface area (Å²) < 4.78 is 372. The Bertz CT molecular complexity index is 6090. The van der Waals surface area contributed by atoms with Gasteiger partial charge in [-0.25, -0.2) is 0 Å². The summed E-state index contributed by atoms with van der Waals surface area (Å²) in [6, 6.07) is 28.4. The van der Waals surface area contributed by atoms with Crippen LogP contribution in [0.3, 0.4) is 0 Å². The van der Waals surface area contributed by atoms with E-state index in [1.165, 1.54) is 4.57 Å². The number of hydrogen-bond acceptors (Lipinski definition) is 2.